The molecule has 0 spiro atoms. The highest BCUT2D eigenvalue weighted by atomic mass is 16.3. The van der Waals surface area contributed by atoms with E-state index in [0.29, 0.717) is 5.92 Å². The van der Waals surface area contributed by atoms with E-state index in [0.717, 1.165) is 42.8 Å². The molecule has 0 unspecified atom stereocenters. The van der Waals surface area contributed by atoms with Gasteiger partial charge in [0.25, 0.3) is 0 Å². The van der Waals surface area contributed by atoms with Gasteiger partial charge in [0, 0.05) is 17.7 Å². The molecule has 1 aliphatic rings. The van der Waals surface area contributed by atoms with E-state index in [9.17, 15) is 5.11 Å². The highest BCUT2D eigenvalue weighted by molar-refractivity contribution is 5.58. The van der Waals surface area contributed by atoms with Crippen LogP contribution in [0.2, 0.25) is 0 Å². The molecular formula is C17H20N2O. The number of aromatic nitrogens is 2. The topological polar surface area (TPSA) is 46.0 Å². The largest absolute Gasteiger partial charge is 0.393 e. The summed E-state index contributed by atoms with van der Waals surface area (Å²) in [5, 5.41) is 9.59. The summed E-state index contributed by atoms with van der Waals surface area (Å²) in [7, 11) is 0. The molecule has 0 amide bonds. The summed E-state index contributed by atoms with van der Waals surface area (Å²) in [5.41, 5.74) is 3.38. The van der Waals surface area contributed by atoms with Crippen molar-refractivity contribution in [1.29, 1.82) is 0 Å². The maximum absolute atomic E-state index is 9.59. The van der Waals surface area contributed by atoms with Gasteiger partial charge < -0.3 is 5.11 Å². The number of nitrogens with zero attached hydrogens (tertiary/aromatic N) is 2. The van der Waals surface area contributed by atoms with Crippen LogP contribution in [-0.4, -0.2) is 21.2 Å². The van der Waals surface area contributed by atoms with Crippen LogP contribution in [0.4, 0.5) is 0 Å². The smallest absolute Gasteiger partial charge is 0.132 e. The molecule has 1 fully saturated rings. The van der Waals surface area contributed by atoms with E-state index in [1.54, 1.807) is 0 Å². The molecule has 3 nitrogen and oxygen atoms in total. The summed E-state index contributed by atoms with van der Waals surface area (Å²) in [4.78, 5) is 9.17. The molecule has 2 aromatic rings. The van der Waals surface area contributed by atoms with Crippen LogP contribution in [0, 0.1) is 6.92 Å². The van der Waals surface area contributed by atoms with Crippen molar-refractivity contribution in [3.05, 3.63) is 47.9 Å². The molecule has 0 bridgehead atoms. The Morgan fingerprint density at radius 2 is 1.70 bits per heavy atom. The monoisotopic (exact) mass is 268 g/mol. The minimum Gasteiger partial charge on any atom is -0.393 e. The molecule has 0 aliphatic heterocycles. The minimum absolute atomic E-state index is 0.133. The quantitative estimate of drug-likeness (QED) is 0.907. The Morgan fingerprint density at radius 1 is 1.00 bits per heavy atom. The molecule has 0 radical (unpaired) electrons. The van der Waals surface area contributed by atoms with Crippen molar-refractivity contribution >= 4 is 0 Å². The fourth-order valence-electron chi connectivity index (χ4n) is 2.79. The molecule has 1 saturated carbocycles. The normalized spacial score (nSPS) is 22.7. The van der Waals surface area contributed by atoms with E-state index in [2.05, 4.69) is 36.2 Å². The third kappa shape index (κ3) is 2.88. The van der Waals surface area contributed by atoms with Gasteiger partial charge in [0.2, 0.25) is 0 Å². The average Bonchev–Trinajstić information content (AvgIpc) is 2.49. The van der Waals surface area contributed by atoms with Crippen LogP contribution in [0.3, 0.4) is 0 Å². The Balaban J connectivity index is 1.84. The Bertz CT molecular complexity index is 572. The summed E-state index contributed by atoms with van der Waals surface area (Å²) in [6.45, 7) is 2.09. The molecule has 1 aromatic heterocycles. The van der Waals surface area contributed by atoms with Crippen LogP contribution < -0.4 is 0 Å². The molecule has 3 heteroatoms. The Kier molecular flexibility index (Phi) is 3.79. The average molecular weight is 268 g/mol. The van der Waals surface area contributed by atoms with Crippen LogP contribution >= 0.6 is 0 Å². The fourth-order valence-corrected chi connectivity index (χ4v) is 2.79. The lowest BCUT2D eigenvalue weighted by Gasteiger charge is -2.24. The van der Waals surface area contributed by atoms with Gasteiger partial charge in [-0.2, -0.15) is 0 Å². The Morgan fingerprint density at radius 3 is 2.40 bits per heavy atom. The Hall–Kier alpha value is -1.74. The SMILES string of the molecule is Cc1ccc(-c2ccnc(C3CCC(O)CC3)n2)cc1. The maximum atomic E-state index is 9.59. The summed E-state index contributed by atoms with van der Waals surface area (Å²) in [5.74, 6) is 1.32. The molecular weight excluding hydrogens is 248 g/mol. The van der Waals surface area contributed by atoms with Crippen molar-refractivity contribution in [2.45, 2.75) is 44.6 Å². The van der Waals surface area contributed by atoms with E-state index in [-0.39, 0.29) is 6.10 Å². The van der Waals surface area contributed by atoms with E-state index in [4.69, 9.17) is 4.98 Å². The van der Waals surface area contributed by atoms with Crippen molar-refractivity contribution in [2.75, 3.05) is 0 Å². The highest BCUT2D eigenvalue weighted by Gasteiger charge is 2.22. The fraction of sp³-hybridized carbons (Fsp3) is 0.412. The summed E-state index contributed by atoms with van der Waals surface area (Å²) in [6, 6.07) is 10.4. The summed E-state index contributed by atoms with van der Waals surface area (Å²) < 4.78 is 0. The lowest BCUT2D eigenvalue weighted by atomic mass is 9.87. The minimum atomic E-state index is -0.133. The van der Waals surface area contributed by atoms with Gasteiger partial charge in [-0.05, 0) is 38.7 Å². The van der Waals surface area contributed by atoms with Crippen LogP contribution in [0.5, 0.6) is 0 Å². The molecule has 1 N–H and O–H groups in total. The first kappa shape index (κ1) is 13.3. The van der Waals surface area contributed by atoms with E-state index in [1.807, 2.05) is 12.3 Å². The van der Waals surface area contributed by atoms with Crippen LogP contribution in [0.25, 0.3) is 11.3 Å². The van der Waals surface area contributed by atoms with Gasteiger partial charge in [-0.25, -0.2) is 9.97 Å². The van der Waals surface area contributed by atoms with Crippen molar-refractivity contribution < 1.29 is 5.11 Å². The standard InChI is InChI=1S/C17H20N2O/c1-12-2-4-13(5-3-12)16-10-11-18-17(19-16)14-6-8-15(20)9-7-14/h2-5,10-11,14-15,20H,6-9H2,1H3. The van der Waals surface area contributed by atoms with Crippen molar-refractivity contribution in [3.8, 4) is 11.3 Å². The van der Waals surface area contributed by atoms with E-state index in [1.165, 1.54) is 5.56 Å². The van der Waals surface area contributed by atoms with Gasteiger partial charge in [-0.3, -0.25) is 0 Å². The summed E-state index contributed by atoms with van der Waals surface area (Å²) in [6.07, 6.45) is 5.41. The molecule has 1 aliphatic carbocycles. The molecule has 20 heavy (non-hydrogen) atoms. The first-order valence-electron chi connectivity index (χ1n) is 7.30. The predicted octanol–water partition coefficient (Wildman–Crippen LogP) is 3.47. The number of hydrogen-bond acceptors (Lipinski definition) is 3. The number of aliphatic hydroxyl groups excluding tert-OH is 1. The van der Waals surface area contributed by atoms with E-state index >= 15 is 0 Å². The van der Waals surface area contributed by atoms with Crippen molar-refractivity contribution in [1.82, 2.24) is 9.97 Å². The van der Waals surface area contributed by atoms with Gasteiger partial charge in [-0.15, -0.1) is 0 Å². The first-order chi connectivity index (χ1) is 9.72. The zero-order valence-corrected chi connectivity index (χ0v) is 11.8. The van der Waals surface area contributed by atoms with Crippen LogP contribution in [-0.2, 0) is 0 Å². The maximum Gasteiger partial charge on any atom is 0.132 e. The third-order valence-corrected chi connectivity index (χ3v) is 4.08. The van der Waals surface area contributed by atoms with E-state index < -0.39 is 0 Å². The molecule has 1 heterocycles. The second-order valence-corrected chi connectivity index (χ2v) is 5.67. The van der Waals surface area contributed by atoms with Gasteiger partial charge >= 0.3 is 0 Å². The second kappa shape index (κ2) is 5.71. The zero-order valence-electron chi connectivity index (χ0n) is 11.8. The van der Waals surface area contributed by atoms with Crippen LogP contribution in [0.15, 0.2) is 36.5 Å². The van der Waals surface area contributed by atoms with Gasteiger partial charge in [0.05, 0.1) is 11.8 Å². The number of rotatable bonds is 2. The molecule has 1 aromatic carbocycles. The van der Waals surface area contributed by atoms with Crippen molar-refractivity contribution in [2.24, 2.45) is 0 Å². The molecule has 0 atom stereocenters. The number of hydrogen-bond donors (Lipinski definition) is 1. The zero-order chi connectivity index (χ0) is 13.9. The van der Waals surface area contributed by atoms with Gasteiger partial charge in [0.1, 0.15) is 5.82 Å². The molecule has 104 valence electrons. The summed E-state index contributed by atoms with van der Waals surface area (Å²) >= 11 is 0. The van der Waals surface area contributed by atoms with Gasteiger partial charge in [-0.1, -0.05) is 29.8 Å². The second-order valence-electron chi connectivity index (χ2n) is 5.67. The first-order valence-corrected chi connectivity index (χ1v) is 7.30. The third-order valence-electron chi connectivity index (χ3n) is 4.08. The lowest BCUT2D eigenvalue weighted by molar-refractivity contribution is 0.121. The molecule has 0 saturated heterocycles. The lowest BCUT2D eigenvalue weighted by Crippen LogP contribution is -2.18. The Labute approximate surface area is 119 Å². The number of aliphatic hydroxyl groups is 1. The number of aryl methyl sites for hydroxylation is 1. The highest BCUT2D eigenvalue weighted by Crippen LogP contribution is 2.31. The van der Waals surface area contributed by atoms with Crippen molar-refractivity contribution in [3.63, 3.8) is 0 Å². The number of benzene rings is 1. The predicted molar refractivity (Wildman–Crippen MR) is 79.4 cm³/mol. The van der Waals surface area contributed by atoms with Gasteiger partial charge in [0.15, 0.2) is 0 Å². The van der Waals surface area contributed by atoms with Crippen LogP contribution in [0.1, 0.15) is 43.0 Å². The molecule has 3 rings (SSSR count).